The smallest absolute Gasteiger partial charge is 0.308 e. The van der Waals surface area contributed by atoms with Crippen LogP contribution in [0.4, 0.5) is 6.01 Å². The zero-order chi connectivity index (χ0) is 10.0. The van der Waals surface area contributed by atoms with Crippen molar-refractivity contribution in [3.63, 3.8) is 0 Å². The first-order valence-corrected chi connectivity index (χ1v) is 6.00. The molecule has 7 heteroatoms. The van der Waals surface area contributed by atoms with Crippen molar-refractivity contribution in [3.05, 3.63) is 30.0 Å². The molecule has 2 aromatic rings. The van der Waals surface area contributed by atoms with Crippen LogP contribution in [0.25, 0.3) is 0 Å². The fourth-order valence-corrected chi connectivity index (χ4v) is 2.79. The van der Waals surface area contributed by atoms with Crippen molar-refractivity contribution in [3.8, 4) is 0 Å². The number of nitrogens with one attached hydrogen (secondary N) is 1. The van der Waals surface area contributed by atoms with Crippen molar-refractivity contribution in [2.24, 2.45) is 0 Å². The topological polar surface area (TPSA) is 72.2 Å². The van der Waals surface area contributed by atoms with Gasteiger partial charge in [-0.1, -0.05) is 6.07 Å². The van der Waals surface area contributed by atoms with Crippen molar-refractivity contribution in [2.75, 3.05) is 4.72 Å². The van der Waals surface area contributed by atoms with Crippen LogP contribution < -0.4 is 4.72 Å². The number of thiophene rings is 1. The van der Waals surface area contributed by atoms with Gasteiger partial charge in [-0.25, -0.2) is 18.1 Å². The average Bonchev–Trinajstić information content (AvgIpc) is 2.71. The lowest BCUT2D eigenvalue weighted by Gasteiger charge is -1.99. The number of oxazole rings is 1. The number of sulfonamides is 1. The van der Waals surface area contributed by atoms with E-state index in [9.17, 15) is 8.42 Å². The average molecular weight is 230 g/mol. The minimum Gasteiger partial charge on any atom is -0.432 e. The Morgan fingerprint density at radius 3 is 2.93 bits per heavy atom. The van der Waals surface area contributed by atoms with Gasteiger partial charge in [0, 0.05) is 0 Å². The van der Waals surface area contributed by atoms with E-state index in [1.165, 1.54) is 18.5 Å². The van der Waals surface area contributed by atoms with Crippen LogP contribution in [0.5, 0.6) is 0 Å². The number of hydrogen-bond acceptors (Lipinski definition) is 5. The summed E-state index contributed by atoms with van der Waals surface area (Å²) in [6.45, 7) is 0. The number of hydrogen-bond donors (Lipinski definition) is 1. The molecule has 2 heterocycles. The summed E-state index contributed by atoms with van der Waals surface area (Å²) >= 11 is 1.13. The first-order chi connectivity index (χ1) is 6.68. The molecule has 0 aliphatic carbocycles. The largest absolute Gasteiger partial charge is 0.432 e. The minimum absolute atomic E-state index is 0.0293. The van der Waals surface area contributed by atoms with Gasteiger partial charge in [0.2, 0.25) is 0 Å². The van der Waals surface area contributed by atoms with Crippen LogP contribution in [-0.2, 0) is 10.0 Å². The van der Waals surface area contributed by atoms with Gasteiger partial charge in [0.15, 0.2) is 0 Å². The second-order valence-electron chi connectivity index (χ2n) is 2.37. The highest BCUT2D eigenvalue weighted by Crippen LogP contribution is 2.18. The Morgan fingerprint density at radius 2 is 2.36 bits per heavy atom. The number of aromatic nitrogens is 1. The van der Waals surface area contributed by atoms with E-state index < -0.39 is 10.0 Å². The summed E-state index contributed by atoms with van der Waals surface area (Å²) < 4.78 is 30.3. The molecule has 0 atom stereocenters. The van der Waals surface area contributed by atoms with Gasteiger partial charge in [-0.15, -0.1) is 11.3 Å². The van der Waals surface area contributed by atoms with Gasteiger partial charge in [0.25, 0.3) is 10.0 Å². The molecule has 0 unspecified atom stereocenters. The highest BCUT2D eigenvalue weighted by molar-refractivity contribution is 7.94. The molecular formula is C7H6N2O3S2. The molecule has 0 aliphatic rings. The maximum atomic E-state index is 11.6. The van der Waals surface area contributed by atoms with Crippen molar-refractivity contribution in [1.82, 2.24) is 4.98 Å². The third kappa shape index (κ3) is 1.78. The summed E-state index contributed by atoms with van der Waals surface area (Å²) in [5.41, 5.74) is 0. The second-order valence-corrected chi connectivity index (χ2v) is 5.23. The minimum atomic E-state index is -3.53. The molecule has 2 rings (SSSR count). The molecule has 0 radical (unpaired) electrons. The van der Waals surface area contributed by atoms with E-state index in [-0.39, 0.29) is 10.2 Å². The quantitative estimate of drug-likeness (QED) is 0.868. The molecule has 1 N–H and O–H groups in total. The van der Waals surface area contributed by atoms with Gasteiger partial charge in [0.1, 0.15) is 10.5 Å². The second kappa shape index (κ2) is 3.43. The molecule has 0 saturated carbocycles. The van der Waals surface area contributed by atoms with E-state index in [0.717, 1.165) is 11.3 Å². The molecule has 0 bridgehead atoms. The van der Waals surface area contributed by atoms with Crippen molar-refractivity contribution in [2.45, 2.75) is 4.21 Å². The predicted molar refractivity (Wildman–Crippen MR) is 51.6 cm³/mol. The normalized spacial score (nSPS) is 11.4. The molecule has 14 heavy (non-hydrogen) atoms. The molecule has 0 amide bonds. The zero-order valence-corrected chi connectivity index (χ0v) is 8.51. The molecule has 0 aromatic carbocycles. The monoisotopic (exact) mass is 230 g/mol. The van der Waals surface area contributed by atoms with Gasteiger partial charge in [-0.05, 0) is 11.4 Å². The molecule has 0 aliphatic heterocycles. The van der Waals surface area contributed by atoms with E-state index in [4.69, 9.17) is 4.42 Å². The first-order valence-electron chi connectivity index (χ1n) is 3.64. The lowest BCUT2D eigenvalue weighted by molar-refractivity contribution is 0.571. The molecule has 0 spiro atoms. The van der Waals surface area contributed by atoms with Crippen LogP contribution in [0.3, 0.4) is 0 Å². The number of anilines is 1. The first kappa shape index (κ1) is 9.22. The van der Waals surface area contributed by atoms with Gasteiger partial charge in [-0.3, -0.25) is 0 Å². The molecule has 5 nitrogen and oxygen atoms in total. The summed E-state index contributed by atoms with van der Waals surface area (Å²) in [7, 11) is -3.53. The Morgan fingerprint density at radius 1 is 1.50 bits per heavy atom. The predicted octanol–water partition coefficient (Wildman–Crippen LogP) is 1.54. The fourth-order valence-electron chi connectivity index (χ4n) is 0.855. The highest BCUT2D eigenvalue weighted by atomic mass is 32.2. The zero-order valence-electron chi connectivity index (χ0n) is 6.88. The van der Waals surface area contributed by atoms with Crippen LogP contribution in [0, 0.1) is 0 Å². The maximum Gasteiger partial charge on any atom is 0.308 e. The highest BCUT2D eigenvalue weighted by Gasteiger charge is 2.16. The Labute approximate surface area is 84.5 Å². The maximum absolute atomic E-state index is 11.6. The molecule has 74 valence electrons. The van der Waals surface area contributed by atoms with Crippen LogP contribution in [0.15, 0.2) is 38.6 Å². The Kier molecular flexibility index (Phi) is 2.26. The molecule has 0 fully saturated rings. The third-order valence-electron chi connectivity index (χ3n) is 1.41. The summed E-state index contributed by atoms with van der Waals surface area (Å²) in [4.78, 5) is 3.66. The molecule has 2 aromatic heterocycles. The van der Waals surface area contributed by atoms with E-state index in [2.05, 4.69) is 9.71 Å². The van der Waals surface area contributed by atoms with Gasteiger partial charge in [-0.2, -0.15) is 0 Å². The van der Waals surface area contributed by atoms with Crippen molar-refractivity contribution in [1.29, 1.82) is 0 Å². The Hall–Kier alpha value is -1.34. The number of rotatable bonds is 3. The fraction of sp³-hybridized carbons (Fsp3) is 0. The van der Waals surface area contributed by atoms with Crippen LogP contribution in [0.2, 0.25) is 0 Å². The lowest BCUT2D eigenvalue weighted by atomic mass is 10.7. The van der Waals surface area contributed by atoms with Crippen molar-refractivity contribution >= 4 is 27.4 Å². The van der Waals surface area contributed by atoms with Crippen LogP contribution in [-0.4, -0.2) is 13.4 Å². The third-order valence-corrected chi connectivity index (χ3v) is 4.13. The summed E-state index contributed by atoms with van der Waals surface area (Å²) in [5.74, 6) is 0. The standard InChI is InChI=1S/C7H6N2O3S2/c10-14(11,6-2-1-5-13-6)9-7-8-3-4-12-7/h1-5H,(H,8,9). The Balaban J connectivity index is 2.27. The summed E-state index contributed by atoms with van der Waals surface area (Å²) in [6.07, 6.45) is 2.67. The van der Waals surface area contributed by atoms with Gasteiger partial charge in [0.05, 0.1) is 6.20 Å². The number of nitrogens with zero attached hydrogens (tertiary/aromatic N) is 1. The van der Waals surface area contributed by atoms with Crippen LogP contribution >= 0.6 is 11.3 Å². The van der Waals surface area contributed by atoms with E-state index in [0.29, 0.717) is 0 Å². The van der Waals surface area contributed by atoms with E-state index in [1.54, 1.807) is 11.4 Å². The Bertz CT molecular complexity index is 487. The van der Waals surface area contributed by atoms with Crippen molar-refractivity contribution < 1.29 is 12.8 Å². The lowest BCUT2D eigenvalue weighted by Crippen LogP contribution is -2.11. The van der Waals surface area contributed by atoms with Crippen LogP contribution in [0.1, 0.15) is 0 Å². The molecular weight excluding hydrogens is 224 g/mol. The summed E-state index contributed by atoms with van der Waals surface area (Å²) in [5, 5.41) is 1.68. The SMILES string of the molecule is O=S(=O)(Nc1ncco1)c1cccs1. The van der Waals surface area contributed by atoms with Gasteiger partial charge < -0.3 is 4.42 Å². The van der Waals surface area contributed by atoms with E-state index in [1.807, 2.05) is 0 Å². The van der Waals surface area contributed by atoms with Gasteiger partial charge >= 0.3 is 6.01 Å². The molecule has 0 saturated heterocycles. The van der Waals surface area contributed by atoms with E-state index >= 15 is 0 Å². The summed E-state index contributed by atoms with van der Waals surface area (Å²) in [6, 6.07) is 3.14.